The Morgan fingerprint density at radius 2 is 2.33 bits per heavy atom. The lowest BCUT2D eigenvalue weighted by atomic mass is 10.1. The third kappa shape index (κ3) is 4.30. The number of amides is 1. The predicted molar refractivity (Wildman–Crippen MR) is 84.8 cm³/mol. The second-order valence-corrected chi connectivity index (χ2v) is 5.68. The molecule has 21 heavy (non-hydrogen) atoms. The number of nitrogens with one attached hydrogen (secondary N) is 1. The van der Waals surface area contributed by atoms with Crippen molar-refractivity contribution in [2.75, 3.05) is 11.9 Å². The summed E-state index contributed by atoms with van der Waals surface area (Å²) in [7, 11) is 0. The average molecular weight is 321 g/mol. The molecule has 0 bridgehead atoms. The highest BCUT2D eigenvalue weighted by Crippen LogP contribution is 2.21. The van der Waals surface area contributed by atoms with E-state index in [1.807, 2.05) is 13.0 Å². The summed E-state index contributed by atoms with van der Waals surface area (Å²) in [6, 6.07) is 5.25. The molecule has 6 heteroatoms. The van der Waals surface area contributed by atoms with Crippen LogP contribution in [0.15, 0.2) is 24.4 Å². The number of benzene rings is 1. The van der Waals surface area contributed by atoms with Crippen LogP contribution in [0.25, 0.3) is 0 Å². The van der Waals surface area contributed by atoms with Gasteiger partial charge in [0.25, 0.3) is 5.91 Å². The van der Waals surface area contributed by atoms with Gasteiger partial charge in [0.05, 0.1) is 28.3 Å². The zero-order chi connectivity index (χ0) is 15.2. The van der Waals surface area contributed by atoms with Gasteiger partial charge in [-0.15, -0.1) is 0 Å². The van der Waals surface area contributed by atoms with Crippen molar-refractivity contribution >= 4 is 34.0 Å². The molecule has 1 heterocycles. The second-order valence-electron chi connectivity index (χ2n) is 4.24. The molecule has 0 spiro atoms. The minimum absolute atomic E-state index is 0.0291. The monoisotopic (exact) mass is 320 g/mol. The molecule has 0 saturated heterocycles. The largest absolute Gasteiger partial charge is 0.395 e. The van der Waals surface area contributed by atoms with Crippen LogP contribution in [-0.2, 0) is 0 Å². The van der Waals surface area contributed by atoms with Crippen LogP contribution in [-0.4, -0.2) is 22.6 Å². The molecule has 4 nitrogen and oxygen atoms in total. The highest BCUT2D eigenvalue weighted by atomic mass is 35.5. The highest BCUT2D eigenvalue weighted by Gasteiger charge is 2.12. The molecule has 0 aliphatic carbocycles. The summed E-state index contributed by atoms with van der Waals surface area (Å²) in [6.45, 7) is 1.94. The van der Waals surface area contributed by atoms with E-state index < -0.39 is 0 Å². The highest BCUT2D eigenvalue weighted by molar-refractivity contribution is 7.16. The van der Waals surface area contributed by atoms with Crippen LogP contribution in [0.4, 0.5) is 5.13 Å². The lowest BCUT2D eigenvalue weighted by Crippen LogP contribution is -2.12. The fourth-order valence-electron chi connectivity index (χ4n) is 1.56. The van der Waals surface area contributed by atoms with Crippen LogP contribution in [0.1, 0.15) is 27.2 Å². The van der Waals surface area contributed by atoms with Crippen LogP contribution in [0.3, 0.4) is 0 Å². The number of halogens is 1. The van der Waals surface area contributed by atoms with Crippen molar-refractivity contribution in [1.82, 2.24) is 4.98 Å². The van der Waals surface area contributed by atoms with Crippen LogP contribution >= 0.6 is 22.9 Å². The van der Waals surface area contributed by atoms with Gasteiger partial charge in [0.1, 0.15) is 0 Å². The Morgan fingerprint density at radius 3 is 3.05 bits per heavy atom. The first kappa shape index (κ1) is 15.5. The zero-order valence-electron chi connectivity index (χ0n) is 11.3. The summed E-state index contributed by atoms with van der Waals surface area (Å²) in [5, 5.41) is 12.2. The van der Waals surface area contributed by atoms with E-state index in [4.69, 9.17) is 16.7 Å². The third-order valence-corrected chi connectivity index (χ3v) is 3.68. The number of aromatic nitrogens is 1. The number of thiazole rings is 1. The lowest BCUT2D eigenvalue weighted by Gasteiger charge is -2.04. The molecule has 0 fully saturated rings. The molecule has 1 aromatic carbocycles. The number of aliphatic hydroxyl groups excluding tert-OH is 1. The number of rotatable bonds is 3. The molecule has 0 aliphatic heterocycles. The number of aliphatic hydroxyl groups is 1. The van der Waals surface area contributed by atoms with Crippen LogP contribution < -0.4 is 5.32 Å². The SMILES string of the molecule is Cc1ccc(C(=O)Nc2ncc(C#CCCO)s2)c(Cl)c1. The molecular formula is C15H13ClN2O2S. The van der Waals surface area contributed by atoms with Gasteiger partial charge in [0, 0.05) is 6.42 Å². The number of nitrogens with zero attached hydrogens (tertiary/aromatic N) is 1. The van der Waals surface area contributed by atoms with Crippen LogP contribution in [0.5, 0.6) is 0 Å². The normalized spacial score (nSPS) is 9.86. The molecular weight excluding hydrogens is 308 g/mol. The Hall–Kier alpha value is -1.87. The Bertz CT molecular complexity index is 716. The Labute approximate surface area is 131 Å². The van der Waals surface area contributed by atoms with Crippen LogP contribution in [0.2, 0.25) is 5.02 Å². The molecule has 0 atom stereocenters. The molecule has 2 aromatic rings. The summed E-state index contributed by atoms with van der Waals surface area (Å²) < 4.78 is 0. The Morgan fingerprint density at radius 1 is 1.52 bits per heavy atom. The van der Waals surface area contributed by atoms with Gasteiger partial charge in [-0.2, -0.15) is 0 Å². The Balaban J connectivity index is 2.08. The molecule has 0 radical (unpaired) electrons. The van der Waals surface area contributed by atoms with Gasteiger partial charge in [0.15, 0.2) is 5.13 Å². The average Bonchev–Trinajstić information content (AvgIpc) is 2.86. The van der Waals surface area contributed by atoms with Crippen LogP contribution in [0, 0.1) is 18.8 Å². The van der Waals surface area contributed by atoms with Crippen molar-refractivity contribution in [3.05, 3.63) is 45.4 Å². The first-order valence-electron chi connectivity index (χ1n) is 6.23. The zero-order valence-corrected chi connectivity index (χ0v) is 12.9. The first-order valence-corrected chi connectivity index (χ1v) is 7.42. The third-order valence-electron chi connectivity index (χ3n) is 2.54. The number of hydrogen-bond donors (Lipinski definition) is 2. The van der Waals surface area contributed by atoms with Gasteiger partial charge < -0.3 is 5.11 Å². The maximum absolute atomic E-state index is 12.1. The standard InChI is InChI=1S/C15H13ClN2O2S/c1-10-5-6-12(13(16)8-10)14(20)18-15-17-9-11(21-15)4-2-3-7-19/h5-6,8-9,19H,3,7H2,1H3,(H,17,18,20). The van der Waals surface area contributed by atoms with Gasteiger partial charge in [0.2, 0.25) is 0 Å². The maximum atomic E-state index is 12.1. The molecule has 108 valence electrons. The smallest absolute Gasteiger partial charge is 0.258 e. The van der Waals surface area contributed by atoms with Crippen molar-refractivity contribution < 1.29 is 9.90 Å². The number of aryl methyl sites for hydroxylation is 1. The predicted octanol–water partition coefficient (Wildman–Crippen LogP) is 3.09. The fourth-order valence-corrected chi connectivity index (χ4v) is 2.57. The fraction of sp³-hybridized carbons (Fsp3) is 0.200. The number of hydrogen-bond acceptors (Lipinski definition) is 4. The van der Waals surface area contributed by atoms with Gasteiger partial charge in [-0.05, 0) is 24.6 Å². The van der Waals surface area contributed by atoms with E-state index >= 15 is 0 Å². The van der Waals surface area contributed by atoms with Gasteiger partial charge in [-0.3, -0.25) is 10.1 Å². The van der Waals surface area contributed by atoms with E-state index in [0.29, 0.717) is 22.1 Å². The number of anilines is 1. The maximum Gasteiger partial charge on any atom is 0.258 e. The molecule has 1 aromatic heterocycles. The molecule has 1 amide bonds. The first-order chi connectivity index (χ1) is 10.1. The van der Waals surface area contributed by atoms with Crippen molar-refractivity contribution in [2.24, 2.45) is 0 Å². The van der Waals surface area contributed by atoms with E-state index in [2.05, 4.69) is 22.1 Å². The molecule has 2 rings (SSSR count). The van der Waals surface area contributed by atoms with E-state index in [-0.39, 0.29) is 12.5 Å². The van der Waals surface area contributed by atoms with Crippen molar-refractivity contribution in [3.8, 4) is 11.8 Å². The van der Waals surface area contributed by atoms with Gasteiger partial charge in [-0.25, -0.2) is 4.98 Å². The van der Waals surface area contributed by atoms with E-state index in [1.54, 1.807) is 18.3 Å². The molecule has 0 aliphatic rings. The summed E-state index contributed by atoms with van der Waals surface area (Å²) in [4.78, 5) is 16.9. The minimum atomic E-state index is -0.302. The molecule has 0 saturated carbocycles. The van der Waals surface area contributed by atoms with Crippen molar-refractivity contribution in [3.63, 3.8) is 0 Å². The lowest BCUT2D eigenvalue weighted by molar-refractivity contribution is 0.102. The molecule has 0 unspecified atom stereocenters. The summed E-state index contributed by atoms with van der Waals surface area (Å²) in [5.41, 5.74) is 1.40. The minimum Gasteiger partial charge on any atom is -0.395 e. The van der Waals surface area contributed by atoms with Crippen molar-refractivity contribution in [1.29, 1.82) is 0 Å². The molecule has 2 N–H and O–H groups in total. The van der Waals surface area contributed by atoms with E-state index in [1.165, 1.54) is 11.3 Å². The topological polar surface area (TPSA) is 62.2 Å². The quantitative estimate of drug-likeness (QED) is 0.854. The van der Waals surface area contributed by atoms with Gasteiger partial charge in [-0.1, -0.05) is 40.8 Å². The van der Waals surface area contributed by atoms with Crippen molar-refractivity contribution in [2.45, 2.75) is 13.3 Å². The van der Waals surface area contributed by atoms with E-state index in [9.17, 15) is 4.79 Å². The number of carbonyl (C=O) groups excluding carboxylic acids is 1. The second kappa shape index (κ2) is 7.23. The summed E-state index contributed by atoms with van der Waals surface area (Å²) >= 11 is 7.33. The Kier molecular flexibility index (Phi) is 5.34. The van der Waals surface area contributed by atoms with Gasteiger partial charge >= 0.3 is 0 Å². The number of carbonyl (C=O) groups is 1. The van der Waals surface area contributed by atoms with E-state index in [0.717, 1.165) is 10.4 Å². The summed E-state index contributed by atoms with van der Waals surface area (Å²) in [6.07, 6.45) is 2.00. The summed E-state index contributed by atoms with van der Waals surface area (Å²) in [5.74, 6) is 5.37.